The third kappa shape index (κ3) is 1.97. The highest BCUT2D eigenvalue weighted by atomic mass is 35.5. The van der Waals surface area contributed by atoms with Crippen molar-refractivity contribution in [3.8, 4) is 0 Å². The van der Waals surface area contributed by atoms with Crippen LogP contribution in [0.4, 0.5) is 0 Å². The van der Waals surface area contributed by atoms with Gasteiger partial charge in [-0.25, -0.2) is 0 Å². The third-order valence-corrected chi connectivity index (χ3v) is 5.12. The highest BCUT2D eigenvalue weighted by Crippen LogP contribution is 2.38. The van der Waals surface area contributed by atoms with Gasteiger partial charge in [-0.05, 0) is 25.0 Å². The second-order valence-electron chi connectivity index (χ2n) is 5.94. The Morgan fingerprint density at radius 3 is 3.10 bits per heavy atom. The van der Waals surface area contributed by atoms with Gasteiger partial charge in [0.1, 0.15) is 5.69 Å². The number of ether oxygens (including phenoxy) is 1. The molecule has 1 saturated carbocycles. The number of rotatable bonds is 2. The van der Waals surface area contributed by atoms with Gasteiger partial charge in [0.25, 0.3) is 5.91 Å². The van der Waals surface area contributed by atoms with Gasteiger partial charge in [-0.15, -0.1) is 0 Å². The summed E-state index contributed by atoms with van der Waals surface area (Å²) >= 11 is 6.23. The first-order valence-electron chi connectivity index (χ1n) is 7.31. The number of benzene rings is 1. The summed E-state index contributed by atoms with van der Waals surface area (Å²) in [5.41, 5.74) is 1.56. The first-order chi connectivity index (χ1) is 10.1. The van der Waals surface area contributed by atoms with Crippen molar-refractivity contribution in [3.05, 3.63) is 35.0 Å². The second-order valence-corrected chi connectivity index (χ2v) is 6.35. The number of hydrogen-bond donors (Lipinski definition) is 1. The Bertz CT molecular complexity index is 724. The molecule has 4 nitrogen and oxygen atoms in total. The van der Waals surface area contributed by atoms with Gasteiger partial charge < -0.3 is 14.6 Å². The molecule has 21 heavy (non-hydrogen) atoms. The van der Waals surface area contributed by atoms with Gasteiger partial charge in [-0.2, -0.15) is 0 Å². The van der Waals surface area contributed by atoms with E-state index in [2.05, 4.69) is 5.32 Å². The van der Waals surface area contributed by atoms with E-state index in [0.29, 0.717) is 22.7 Å². The fourth-order valence-corrected chi connectivity index (χ4v) is 3.90. The molecule has 0 unspecified atom stereocenters. The first-order valence-corrected chi connectivity index (χ1v) is 7.69. The molecule has 2 fully saturated rings. The summed E-state index contributed by atoms with van der Waals surface area (Å²) in [5, 5.41) is 4.80. The fraction of sp³-hybridized carbons (Fsp3) is 0.438. The Morgan fingerprint density at radius 1 is 1.48 bits per heavy atom. The van der Waals surface area contributed by atoms with Crippen LogP contribution in [0.3, 0.4) is 0 Å². The van der Waals surface area contributed by atoms with Crippen LogP contribution < -0.4 is 5.32 Å². The maximum absolute atomic E-state index is 12.5. The lowest BCUT2D eigenvalue weighted by Crippen LogP contribution is -2.53. The number of hydrogen-bond acceptors (Lipinski definition) is 2. The van der Waals surface area contributed by atoms with Crippen molar-refractivity contribution in [2.45, 2.75) is 25.0 Å². The highest BCUT2D eigenvalue weighted by molar-refractivity contribution is 6.35. The molecule has 1 amide bonds. The van der Waals surface area contributed by atoms with Crippen LogP contribution in [0.1, 0.15) is 23.3 Å². The standard InChI is InChI=1S/C16H17ClN2O2/c1-19-13(7-9-3-2-4-11(17)15(9)19)16(20)18-12-8-14-10(12)5-6-21-14/h2-4,7,10,12,14H,5-6,8H2,1H3,(H,18,20)/t10-,12-,14+/m1/s1. The van der Waals surface area contributed by atoms with Gasteiger partial charge in [-0.1, -0.05) is 23.7 Å². The third-order valence-electron chi connectivity index (χ3n) is 4.82. The average Bonchev–Trinajstić information content (AvgIpc) is 2.98. The van der Waals surface area contributed by atoms with Crippen LogP contribution in [0, 0.1) is 5.92 Å². The molecule has 110 valence electrons. The minimum atomic E-state index is -0.0277. The molecular formula is C16H17ClN2O2. The van der Waals surface area contributed by atoms with E-state index >= 15 is 0 Å². The van der Waals surface area contributed by atoms with Crippen molar-refractivity contribution >= 4 is 28.4 Å². The van der Waals surface area contributed by atoms with E-state index in [9.17, 15) is 4.79 Å². The van der Waals surface area contributed by atoms with E-state index in [1.807, 2.05) is 35.9 Å². The number of carbonyl (C=O) groups excluding carboxylic acids is 1. The molecule has 1 N–H and O–H groups in total. The van der Waals surface area contributed by atoms with Crippen LogP contribution in [0.2, 0.25) is 5.02 Å². The number of aromatic nitrogens is 1. The normalized spacial score (nSPS) is 27.4. The van der Waals surface area contributed by atoms with E-state index in [-0.39, 0.29) is 11.9 Å². The van der Waals surface area contributed by atoms with Crippen LogP contribution in [0.5, 0.6) is 0 Å². The summed E-state index contributed by atoms with van der Waals surface area (Å²) in [4.78, 5) is 12.5. The first kappa shape index (κ1) is 13.2. The van der Waals surface area contributed by atoms with Gasteiger partial charge in [0.2, 0.25) is 0 Å². The molecule has 1 aromatic carbocycles. The molecule has 2 heterocycles. The summed E-state index contributed by atoms with van der Waals surface area (Å²) in [5.74, 6) is 0.465. The maximum atomic E-state index is 12.5. The van der Waals surface area contributed by atoms with Crippen LogP contribution in [-0.2, 0) is 11.8 Å². The summed E-state index contributed by atoms with van der Waals surface area (Å²) in [6.07, 6.45) is 2.34. The largest absolute Gasteiger partial charge is 0.378 e. The van der Waals surface area contributed by atoms with E-state index in [4.69, 9.17) is 16.3 Å². The van der Waals surface area contributed by atoms with Gasteiger partial charge in [-0.3, -0.25) is 4.79 Å². The average molecular weight is 305 g/mol. The van der Waals surface area contributed by atoms with Gasteiger partial charge in [0.05, 0.1) is 16.6 Å². The number of halogens is 1. The number of nitrogens with zero attached hydrogens (tertiary/aromatic N) is 1. The molecule has 0 radical (unpaired) electrons. The van der Waals surface area contributed by atoms with Crippen LogP contribution >= 0.6 is 11.6 Å². The molecule has 1 aliphatic heterocycles. The molecule has 1 aliphatic carbocycles. The van der Waals surface area contributed by atoms with E-state index in [1.165, 1.54) is 0 Å². The zero-order chi connectivity index (χ0) is 14.6. The summed E-state index contributed by atoms with van der Waals surface area (Å²) in [6, 6.07) is 7.87. The molecule has 2 aromatic rings. The Balaban J connectivity index is 1.60. The quantitative estimate of drug-likeness (QED) is 0.927. The Hall–Kier alpha value is -1.52. The summed E-state index contributed by atoms with van der Waals surface area (Å²) < 4.78 is 7.45. The molecule has 1 saturated heterocycles. The number of para-hydroxylation sites is 1. The van der Waals surface area contributed by atoms with Gasteiger partial charge >= 0.3 is 0 Å². The fourth-order valence-electron chi connectivity index (χ4n) is 3.59. The lowest BCUT2D eigenvalue weighted by molar-refractivity contribution is 0.00799. The van der Waals surface area contributed by atoms with Crippen molar-refractivity contribution in [1.82, 2.24) is 9.88 Å². The predicted molar refractivity (Wildman–Crippen MR) is 81.6 cm³/mol. The van der Waals surface area contributed by atoms with Gasteiger partial charge in [0, 0.05) is 31.0 Å². The molecular weight excluding hydrogens is 288 g/mol. The Morgan fingerprint density at radius 2 is 2.33 bits per heavy atom. The number of amides is 1. The minimum absolute atomic E-state index is 0.0277. The zero-order valence-corrected chi connectivity index (χ0v) is 12.6. The number of nitrogens with one attached hydrogen (secondary N) is 1. The van der Waals surface area contributed by atoms with Crippen molar-refractivity contribution in [3.63, 3.8) is 0 Å². The highest BCUT2D eigenvalue weighted by Gasteiger charge is 2.45. The zero-order valence-electron chi connectivity index (χ0n) is 11.8. The topological polar surface area (TPSA) is 43.3 Å². The SMILES string of the molecule is Cn1c(C(=O)N[C@@H]2C[C@@H]3OCC[C@@H]32)cc2cccc(Cl)c21. The van der Waals surface area contributed by atoms with Crippen molar-refractivity contribution in [1.29, 1.82) is 0 Å². The smallest absolute Gasteiger partial charge is 0.268 e. The van der Waals surface area contributed by atoms with Crippen LogP contribution in [-0.4, -0.2) is 29.2 Å². The molecule has 1 aromatic heterocycles. The van der Waals surface area contributed by atoms with Crippen molar-refractivity contribution in [2.75, 3.05) is 6.61 Å². The number of aryl methyl sites for hydroxylation is 1. The lowest BCUT2D eigenvalue weighted by Gasteiger charge is -2.39. The molecule has 0 bridgehead atoms. The Kier molecular flexibility index (Phi) is 2.98. The predicted octanol–water partition coefficient (Wildman–Crippen LogP) is 2.74. The number of carbonyl (C=O) groups is 1. The molecule has 2 aliphatic rings. The van der Waals surface area contributed by atoms with E-state index < -0.39 is 0 Å². The van der Waals surface area contributed by atoms with E-state index in [1.54, 1.807) is 0 Å². The molecule has 4 rings (SSSR count). The van der Waals surface area contributed by atoms with Gasteiger partial charge in [0.15, 0.2) is 0 Å². The second kappa shape index (κ2) is 4.75. The number of fused-ring (bicyclic) bond motifs is 2. The minimum Gasteiger partial charge on any atom is -0.378 e. The van der Waals surface area contributed by atoms with Crippen molar-refractivity contribution < 1.29 is 9.53 Å². The molecule has 0 spiro atoms. The van der Waals surface area contributed by atoms with Crippen molar-refractivity contribution in [2.24, 2.45) is 13.0 Å². The Labute approximate surface area is 128 Å². The summed E-state index contributed by atoms with van der Waals surface area (Å²) in [6.45, 7) is 0.825. The van der Waals surface area contributed by atoms with Crippen LogP contribution in [0.25, 0.3) is 10.9 Å². The molecule has 5 heteroatoms. The van der Waals surface area contributed by atoms with E-state index in [0.717, 1.165) is 30.4 Å². The molecule has 3 atom stereocenters. The maximum Gasteiger partial charge on any atom is 0.268 e. The summed E-state index contributed by atoms with van der Waals surface area (Å²) in [7, 11) is 1.88. The van der Waals surface area contributed by atoms with Crippen LogP contribution in [0.15, 0.2) is 24.3 Å². The lowest BCUT2D eigenvalue weighted by atomic mass is 9.76. The monoisotopic (exact) mass is 304 g/mol.